The SMILES string of the molecule is Cc1cc(C)c(OCC(=O)Nc2ccc3oc(-c4ccccc4F)nc3c2)c(Br)c1. The van der Waals surface area contributed by atoms with E-state index < -0.39 is 5.82 Å². The first kappa shape index (κ1) is 20.1. The van der Waals surface area contributed by atoms with Crippen molar-refractivity contribution in [3.8, 4) is 17.2 Å². The second kappa shape index (κ2) is 8.28. The molecule has 0 saturated carbocycles. The Morgan fingerprint density at radius 1 is 1.17 bits per heavy atom. The van der Waals surface area contributed by atoms with E-state index in [0.717, 1.165) is 15.6 Å². The third-order valence-corrected chi connectivity index (χ3v) is 5.09. The number of aryl methyl sites for hydroxylation is 2. The molecule has 0 saturated heterocycles. The maximum Gasteiger partial charge on any atom is 0.262 e. The van der Waals surface area contributed by atoms with Crippen molar-refractivity contribution in [1.29, 1.82) is 0 Å². The van der Waals surface area contributed by atoms with Gasteiger partial charge in [-0.3, -0.25) is 4.79 Å². The number of carbonyl (C=O) groups is 1. The lowest BCUT2D eigenvalue weighted by Crippen LogP contribution is -2.20. The minimum atomic E-state index is -0.410. The Kier molecular flexibility index (Phi) is 5.55. The number of hydrogen-bond acceptors (Lipinski definition) is 4. The molecule has 0 aliphatic heterocycles. The van der Waals surface area contributed by atoms with Gasteiger partial charge in [0.15, 0.2) is 12.2 Å². The molecule has 0 radical (unpaired) electrons. The molecule has 3 aromatic carbocycles. The van der Waals surface area contributed by atoms with E-state index in [0.29, 0.717) is 22.5 Å². The van der Waals surface area contributed by atoms with Gasteiger partial charge < -0.3 is 14.5 Å². The molecular weight excluding hydrogens is 451 g/mol. The van der Waals surface area contributed by atoms with Gasteiger partial charge in [-0.15, -0.1) is 0 Å². The number of benzene rings is 3. The molecule has 4 aromatic rings. The predicted octanol–water partition coefficient (Wildman–Crippen LogP) is 6.03. The van der Waals surface area contributed by atoms with Crippen LogP contribution in [0.4, 0.5) is 10.1 Å². The van der Waals surface area contributed by atoms with E-state index in [9.17, 15) is 9.18 Å². The molecule has 1 aromatic heterocycles. The number of carbonyl (C=O) groups excluding carboxylic acids is 1. The molecule has 0 bridgehead atoms. The van der Waals surface area contributed by atoms with Crippen LogP contribution in [0.15, 0.2) is 63.5 Å². The summed E-state index contributed by atoms with van der Waals surface area (Å²) in [7, 11) is 0. The molecule has 0 fully saturated rings. The summed E-state index contributed by atoms with van der Waals surface area (Å²) in [5, 5.41) is 2.78. The lowest BCUT2D eigenvalue weighted by Gasteiger charge is -2.12. The molecule has 0 aliphatic carbocycles. The number of rotatable bonds is 5. The number of nitrogens with one attached hydrogen (secondary N) is 1. The number of fused-ring (bicyclic) bond motifs is 1. The summed E-state index contributed by atoms with van der Waals surface area (Å²) in [5.74, 6) is 0.109. The smallest absolute Gasteiger partial charge is 0.262 e. The topological polar surface area (TPSA) is 64.4 Å². The zero-order valence-corrected chi connectivity index (χ0v) is 17.9. The zero-order valence-electron chi connectivity index (χ0n) is 16.3. The quantitative estimate of drug-likeness (QED) is 0.388. The largest absolute Gasteiger partial charge is 0.482 e. The summed E-state index contributed by atoms with van der Waals surface area (Å²) < 4.78 is 26.1. The zero-order chi connectivity index (χ0) is 21.3. The molecule has 30 heavy (non-hydrogen) atoms. The van der Waals surface area contributed by atoms with Gasteiger partial charge in [0.05, 0.1) is 10.0 Å². The molecular formula is C23H18BrFN2O3. The number of amides is 1. The average molecular weight is 469 g/mol. The first-order valence-corrected chi connectivity index (χ1v) is 10.0. The summed E-state index contributed by atoms with van der Waals surface area (Å²) in [6.45, 7) is 3.78. The Morgan fingerprint density at radius 2 is 1.97 bits per heavy atom. The van der Waals surface area contributed by atoms with Crippen LogP contribution in [0, 0.1) is 19.7 Å². The lowest BCUT2D eigenvalue weighted by molar-refractivity contribution is -0.118. The summed E-state index contributed by atoms with van der Waals surface area (Å²) in [5.41, 5.74) is 3.90. The minimum Gasteiger partial charge on any atom is -0.482 e. The Labute approximate surface area is 181 Å². The van der Waals surface area contributed by atoms with Crippen molar-refractivity contribution in [3.05, 3.63) is 76.0 Å². The summed E-state index contributed by atoms with van der Waals surface area (Å²) >= 11 is 3.47. The highest BCUT2D eigenvalue weighted by Gasteiger charge is 2.14. The van der Waals surface area contributed by atoms with Crippen molar-refractivity contribution in [2.45, 2.75) is 13.8 Å². The number of halogens is 2. The lowest BCUT2D eigenvalue weighted by atomic mass is 10.1. The van der Waals surface area contributed by atoms with Gasteiger partial charge >= 0.3 is 0 Å². The van der Waals surface area contributed by atoms with E-state index >= 15 is 0 Å². The van der Waals surface area contributed by atoms with Crippen LogP contribution in [0.25, 0.3) is 22.6 Å². The van der Waals surface area contributed by atoms with Crippen molar-refractivity contribution in [1.82, 2.24) is 4.98 Å². The highest BCUT2D eigenvalue weighted by atomic mass is 79.9. The van der Waals surface area contributed by atoms with Gasteiger partial charge in [0.25, 0.3) is 5.91 Å². The van der Waals surface area contributed by atoms with Crippen LogP contribution in [-0.4, -0.2) is 17.5 Å². The molecule has 152 valence electrons. The Hall–Kier alpha value is -3.19. The average Bonchev–Trinajstić information content (AvgIpc) is 3.10. The van der Waals surface area contributed by atoms with Crippen molar-refractivity contribution < 1.29 is 18.3 Å². The van der Waals surface area contributed by atoms with Gasteiger partial charge in [-0.05, 0) is 77.3 Å². The molecule has 0 aliphatic rings. The molecule has 4 rings (SSSR count). The monoisotopic (exact) mass is 468 g/mol. The molecule has 1 N–H and O–H groups in total. The number of hydrogen-bond donors (Lipinski definition) is 1. The fourth-order valence-corrected chi connectivity index (χ4v) is 3.96. The standard InChI is InChI=1S/C23H18BrFN2O3/c1-13-9-14(2)22(17(24)10-13)29-12-21(28)26-15-7-8-20-19(11-15)27-23(30-20)16-5-3-4-6-18(16)25/h3-11H,12H2,1-2H3,(H,26,28). The van der Waals surface area contributed by atoms with Gasteiger partial charge in [-0.1, -0.05) is 18.2 Å². The predicted molar refractivity (Wildman–Crippen MR) is 117 cm³/mol. The summed E-state index contributed by atoms with van der Waals surface area (Å²) in [6, 6.07) is 15.3. The number of aromatic nitrogens is 1. The van der Waals surface area contributed by atoms with E-state index in [4.69, 9.17) is 9.15 Å². The maximum absolute atomic E-state index is 14.0. The van der Waals surface area contributed by atoms with Crippen LogP contribution in [0.1, 0.15) is 11.1 Å². The Balaban J connectivity index is 1.47. The van der Waals surface area contributed by atoms with Gasteiger partial charge in [0.1, 0.15) is 17.1 Å². The van der Waals surface area contributed by atoms with Gasteiger partial charge in [0.2, 0.25) is 5.89 Å². The third-order valence-electron chi connectivity index (χ3n) is 4.50. The molecule has 7 heteroatoms. The third kappa shape index (κ3) is 4.21. The number of anilines is 1. The fraction of sp³-hybridized carbons (Fsp3) is 0.130. The second-order valence-electron chi connectivity index (χ2n) is 6.91. The van der Waals surface area contributed by atoms with Crippen LogP contribution >= 0.6 is 15.9 Å². The molecule has 0 unspecified atom stereocenters. The van der Waals surface area contributed by atoms with Crippen LogP contribution in [0.3, 0.4) is 0 Å². The Bertz CT molecular complexity index is 1230. The van der Waals surface area contributed by atoms with Gasteiger partial charge in [-0.25, -0.2) is 9.37 Å². The van der Waals surface area contributed by atoms with Crippen molar-refractivity contribution >= 4 is 38.6 Å². The van der Waals surface area contributed by atoms with Crippen molar-refractivity contribution in [2.75, 3.05) is 11.9 Å². The van der Waals surface area contributed by atoms with E-state index in [1.165, 1.54) is 6.07 Å². The van der Waals surface area contributed by atoms with Crippen LogP contribution < -0.4 is 10.1 Å². The number of nitrogens with zero attached hydrogens (tertiary/aromatic N) is 1. The van der Waals surface area contributed by atoms with E-state index in [2.05, 4.69) is 26.2 Å². The van der Waals surface area contributed by atoms with Gasteiger partial charge in [0, 0.05) is 5.69 Å². The van der Waals surface area contributed by atoms with E-state index in [1.54, 1.807) is 36.4 Å². The molecule has 0 atom stereocenters. The maximum atomic E-state index is 14.0. The van der Waals surface area contributed by atoms with Crippen molar-refractivity contribution in [3.63, 3.8) is 0 Å². The highest BCUT2D eigenvalue weighted by molar-refractivity contribution is 9.10. The normalized spacial score (nSPS) is 10.9. The number of oxazole rings is 1. The van der Waals surface area contributed by atoms with Crippen LogP contribution in [-0.2, 0) is 4.79 Å². The first-order chi connectivity index (χ1) is 14.4. The van der Waals surface area contributed by atoms with Crippen LogP contribution in [0.5, 0.6) is 5.75 Å². The summed E-state index contributed by atoms with van der Waals surface area (Å²) in [4.78, 5) is 16.7. The highest BCUT2D eigenvalue weighted by Crippen LogP contribution is 2.30. The van der Waals surface area contributed by atoms with Crippen molar-refractivity contribution in [2.24, 2.45) is 0 Å². The van der Waals surface area contributed by atoms with Gasteiger partial charge in [-0.2, -0.15) is 0 Å². The molecule has 5 nitrogen and oxygen atoms in total. The Morgan fingerprint density at radius 3 is 2.73 bits per heavy atom. The number of ether oxygens (including phenoxy) is 1. The summed E-state index contributed by atoms with van der Waals surface area (Å²) in [6.07, 6.45) is 0. The van der Waals surface area contributed by atoms with E-state index in [-0.39, 0.29) is 24.0 Å². The molecule has 1 amide bonds. The minimum absolute atomic E-state index is 0.139. The molecule has 1 heterocycles. The fourth-order valence-electron chi connectivity index (χ4n) is 3.18. The van der Waals surface area contributed by atoms with E-state index in [1.807, 2.05) is 26.0 Å². The first-order valence-electron chi connectivity index (χ1n) is 9.25. The second-order valence-corrected chi connectivity index (χ2v) is 7.77. The van der Waals surface area contributed by atoms with Crippen LogP contribution in [0.2, 0.25) is 0 Å². The molecule has 0 spiro atoms.